The monoisotopic (exact) mass is 289 g/mol. The number of nitrogens with one attached hydrogen (secondary N) is 1. The van der Waals surface area contributed by atoms with Crippen molar-refractivity contribution in [1.29, 1.82) is 0 Å². The zero-order chi connectivity index (χ0) is 15.9. The number of carbonyl (C=O) groups is 2. The van der Waals surface area contributed by atoms with Gasteiger partial charge in [-0.05, 0) is 45.7 Å². The summed E-state index contributed by atoms with van der Waals surface area (Å²) in [5, 5.41) is 2.73. The van der Waals surface area contributed by atoms with E-state index in [1.54, 1.807) is 51.1 Å². The molecule has 1 amide bonds. The first-order chi connectivity index (χ1) is 9.83. The lowest BCUT2D eigenvalue weighted by Gasteiger charge is -2.24. The van der Waals surface area contributed by atoms with E-state index >= 15 is 0 Å². The number of esters is 1. The Morgan fingerprint density at radius 1 is 1.29 bits per heavy atom. The molecule has 1 atom stereocenters. The van der Waals surface area contributed by atoms with Gasteiger partial charge >= 0.3 is 5.97 Å². The highest BCUT2D eigenvalue weighted by atomic mass is 16.6. The smallest absolute Gasteiger partial charge is 0.329 e. The van der Waals surface area contributed by atoms with Crippen molar-refractivity contribution in [1.82, 2.24) is 5.32 Å². The van der Waals surface area contributed by atoms with Crippen molar-refractivity contribution in [2.24, 2.45) is 0 Å². The molecule has 1 rings (SSSR count). The van der Waals surface area contributed by atoms with Gasteiger partial charge in [-0.15, -0.1) is 6.58 Å². The van der Waals surface area contributed by atoms with Crippen molar-refractivity contribution in [2.75, 3.05) is 0 Å². The quantitative estimate of drug-likeness (QED) is 0.646. The lowest BCUT2D eigenvalue weighted by atomic mass is 10.1. The third-order valence-electron chi connectivity index (χ3n) is 2.69. The van der Waals surface area contributed by atoms with Crippen molar-refractivity contribution in [3.05, 3.63) is 48.6 Å². The van der Waals surface area contributed by atoms with E-state index in [0.717, 1.165) is 0 Å². The molecule has 0 bridgehead atoms. The molecular formula is C17H23NO3. The summed E-state index contributed by atoms with van der Waals surface area (Å²) in [5.41, 5.74) is -0.0641. The highest BCUT2D eigenvalue weighted by Crippen LogP contribution is 2.11. The molecule has 0 aliphatic heterocycles. The number of ether oxygens (including phenoxy) is 1. The average molecular weight is 289 g/mol. The van der Waals surface area contributed by atoms with Crippen LogP contribution in [0.25, 0.3) is 0 Å². The first kappa shape index (κ1) is 17.0. The van der Waals surface area contributed by atoms with Gasteiger partial charge in [0, 0.05) is 5.56 Å². The maximum atomic E-state index is 12.2. The van der Waals surface area contributed by atoms with Crippen molar-refractivity contribution in [2.45, 2.75) is 45.3 Å². The van der Waals surface area contributed by atoms with Gasteiger partial charge in [0.15, 0.2) is 0 Å². The van der Waals surface area contributed by atoms with Gasteiger partial charge in [0.05, 0.1) is 0 Å². The van der Waals surface area contributed by atoms with E-state index < -0.39 is 17.6 Å². The van der Waals surface area contributed by atoms with Crippen molar-refractivity contribution in [3.63, 3.8) is 0 Å². The van der Waals surface area contributed by atoms with Crippen LogP contribution < -0.4 is 5.32 Å². The highest BCUT2D eigenvalue weighted by molar-refractivity contribution is 5.96. The molecule has 0 fully saturated rings. The number of hydrogen-bond donors (Lipinski definition) is 1. The fourth-order valence-electron chi connectivity index (χ4n) is 1.74. The first-order valence-electron chi connectivity index (χ1n) is 7.03. The van der Waals surface area contributed by atoms with Gasteiger partial charge in [-0.3, -0.25) is 4.79 Å². The van der Waals surface area contributed by atoms with E-state index in [4.69, 9.17) is 4.74 Å². The van der Waals surface area contributed by atoms with Crippen LogP contribution in [-0.4, -0.2) is 23.5 Å². The normalized spacial score (nSPS) is 12.3. The minimum atomic E-state index is -0.671. The Hall–Kier alpha value is -2.10. The highest BCUT2D eigenvalue weighted by Gasteiger charge is 2.26. The van der Waals surface area contributed by atoms with Crippen LogP contribution in [0.5, 0.6) is 0 Å². The van der Waals surface area contributed by atoms with E-state index in [0.29, 0.717) is 18.4 Å². The lowest BCUT2D eigenvalue weighted by molar-refractivity contribution is -0.157. The predicted octanol–water partition coefficient (Wildman–Crippen LogP) is 3.09. The molecular weight excluding hydrogens is 266 g/mol. The van der Waals surface area contributed by atoms with Gasteiger partial charge in [-0.2, -0.15) is 0 Å². The van der Waals surface area contributed by atoms with E-state index in [1.165, 1.54) is 0 Å². The van der Waals surface area contributed by atoms with E-state index in [9.17, 15) is 9.59 Å². The van der Waals surface area contributed by atoms with Crippen LogP contribution in [0.4, 0.5) is 0 Å². The van der Waals surface area contributed by atoms with Crippen LogP contribution in [0.1, 0.15) is 44.0 Å². The third kappa shape index (κ3) is 6.25. The SMILES string of the molecule is C=CCC[C@H](NC(=O)c1ccccc1)C(=O)OC(C)(C)C. The number of hydrogen-bond acceptors (Lipinski definition) is 3. The summed E-state index contributed by atoms with van der Waals surface area (Å²) in [6.07, 6.45) is 2.81. The molecule has 0 radical (unpaired) electrons. The molecule has 1 aromatic rings. The topological polar surface area (TPSA) is 55.4 Å². The molecule has 1 aromatic carbocycles. The molecule has 114 valence electrons. The summed E-state index contributed by atoms with van der Waals surface area (Å²) in [6, 6.07) is 8.13. The summed E-state index contributed by atoms with van der Waals surface area (Å²) < 4.78 is 5.35. The van der Waals surface area contributed by atoms with Gasteiger partial charge < -0.3 is 10.1 Å². The van der Waals surface area contributed by atoms with Crippen LogP contribution in [-0.2, 0) is 9.53 Å². The zero-order valence-corrected chi connectivity index (χ0v) is 12.9. The summed E-state index contributed by atoms with van der Waals surface area (Å²) in [4.78, 5) is 24.3. The molecule has 4 nitrogen and oxygen atoms in total. The summed E-state index contributed by atoms with van der Waals surface area (Å²) >= 11 is 0. The Bertz CT molecular complexity index is 489. The maximum Gasteiger partial charge on any atom is 0.329 e. The van der Waals surface area contributed by atoms with E-state index in [1.807, 2.05) is 6.07 Å². The Labute approximate surface area is 126 Å². The fourth-order valence-corrected chi connectivity index (χ4v) is 1.74. The molecule has 0 saturated heterocycles. The second-order valence-corrected chi connectivity index (χ2v) is 5.79. The molecule has 4 heteroatoms. The van der Waals surface area contributed by atoms with Gasteiger partial charge in [0.1, 0.15) is 11.6 Å². The number of benzene rings is 1. The van der Waals surface area contributed by atoms with Gasteiger partial charge in [0.25, 0.3) is 5.91 Å². The average Bonchev–Trinajstić information content (AvgIpc) is 2.42. The molecule has 0 heterocycles. The minimum absolute atomic E-state index is 0.282. The second-order valence-electron chi connectivity index (χ2n) is 5.79. The number of carbonyl (C=O) groups excluding carboxylic acids is 2. The Morgan fingerprint density at radius 2 is 1.90 bits per heavy atom. The van der Waals surface area contributed by atoms with Crippen LogP contribution in [0.3, 0.4) is 0 Å². The lowest BCUT2D eigenvalue weighted by Crippen LogP contribution is -2.44. The number of rotatable bonds is 6. The molecule has 21 heavy (non-hydrogen) atoms. The van der Waals surface area contributed by atoms with Crippen LogP contribution in [0.15, 0.2) is 43.0 Å². The second kappa shape index (κ2) is 7.62. The van der Waals surface area contributed by atoms with Gasteiger partial charge in [-0.25, -0.2) is 4.79 Å². The van der Waals surface area contributed by atoms with Crippen LogP contribution >= 0.6 is 0 Å². The molecule has 0 unspecified atom stereocenters. The predicted molar refractivity (Wildman–Crippen MR) is 83.0 cm³/mol. The first-order valence-corrected chi connectivity index (χ1v) is 7.03. The molecule has 0 aromatic heterocycles. The van der Waals surface area contributed by atoms with Gasteiger partial charge in [0.2, 0.25) is 0 Å². The molecule has 0 spiro atoms. The zero-order valence-electron chi connectivity index (χ0n) is 12.9. The molecule has 0 saturated carbocycles. The van der Waals surface area contributed by atoms with Crippen molar-refractivity contribution in [3.8, 4) is 0 Å². The Morgan fingerprint density at radius 3 is 2.43 bits per heavy atom. The summed E-state index contributed by atoms with van der Waals surface area (Å²) in [5.74, 6) is -0.704. The largest absolute Gasteiger partial charge is 0.458 e. The molecule has 0 aliphatic carbocycles. The van der Waals surface area contributed by atoms with E-state index in [-0.39, 0.29) is 5.91 Å². The number of amides is 1. The summed E-state index contributed by atoms with van der Waals surface area (Å²) in [6.45, 7) is 9.04. The number of allylic oxidation sites excluding steroid dienone is 1. The van der Waals surface area contributed by atoms with Crippen LogP contribution in [0.2, 0.25) is 0 Å². The van der Waals surface area contributed by atoms with Crippen molar-refractivity contribution < 1.29 is 14.3 Å². The summed E-state index contributed by atoms with van der Waals surface area (Å²) in [7, 11) is 0. The standard InChI is InChI=1S/C17H23NO3/c1-5-6-12-14(16(20)21-17(2,3)4)18-15(19)13-10-8-7-9-11-13/h5,7-11,14H,1,6,12H2,2-4H3,(H,18,19)/t14-/m0/s1. The molecule has 1 N–H and O–H groups in total. The fraction of sp³-hybridized carbons (Fsp3) is 0.412. The minimum Gasteiger partial charge on any atom is -0.458 e. The van der Waals surface area contributed by atoms with Gasteiger partial charge in [-0.1, -0.05) is 24.3 Å². The van der Waals surface area contributed by atoms with E-state index in [2.05, 4.69) is 11.9 Å². The van der Waals surface area contributed by atoms with Crippen molar-refractivity contribution >= 4 is 11.9 Å². The maximum absolute atomic E-state index is 12.2. The Kier molecular flexibility index (Phi) is 6.15. The molecule has 0 aliphatic rings. The Balaban J connectivity index is 2.76. The third-order valence-corrected chi connectivity index (χ3v) is 2.69. The van der Waals surface area contributed by atoms with Crippen LogP contribution in [0, 0.1) is 0 Å².